The summed E-state index contributed by atoms with van der Waals surface area (Å²) >= 11 is 1.57. The van der Waals surface area contributed by atoms with Crippen molar-refractivity contribution in [2.45, 2.75) is 11.3 Å². The summed E-state index contributed by atoms with van der Waals surface area (Å²) in [6, 6.07) is 7.41. The van der Waals surface area contributed by atoms with Gasteiger partial charge in [0.15, 0.2) is 0 Å². The Morgan fingerprint density at radius 1 is 1.45 bits per heavy atom. The first-order valence-electron chi connectivity index (χ1n) is 5.99. The van der Waals surface area contributed by atoms with Crippen LogP contribution in [0.5, 0.6) is 0 Å². The quantitative estimate of drug-likeness (QED) is 0.823. The molecule has 1 N–H and O–H groups in total. The minimum absolute atomic E-state index is 0.0932. The van der Waals surface area contributed by atoms with Crippen molar-refractivity contribution >= 4 is 23.7 Å². The van der Waals surface area contributed by atoms with Crippen molar-refractivity contribution in [2.75, 3.05) is 25.3 Å². The third kappa shape index (κ3) is 3.82. The number of hydrogen-bond acceptors (Lipinski definition) is 6. The van der Waals surface area contributed by atoms with E-state index in [4.69, 9.17) is 9.15 Å². The lowest BCUT2D eigenvalue weighted by molar-refractivity contribution is 0.102. The number of nitrogens with one attached hydrogen (secondary N) is 1. The van der Waals surface area contributed by atoms with Gasteiger partial charge >= 0.3 is 6.01 Å². The first-order valence-corrected chi connectivity index (χ1v) is 7.22. The molecule has 0 atom stereocenters. The van der Waals surface area contributed by atoms with E-state index in [0.717, 1.165) is 4.90 Å². The molecule has 1 aromatic carbocycles. The molecular formula is C13H15N3O3S. The Labute approximate surface area is 120 Å². The summed E-state index contributed by atoms with van der Waals surface area (Å²) in [7, 11) is 1.60. The lowest BCUT2D eigenvalue weighted by Gasteiger charge is -2.02. The van der Waals surface area contributed by atoms with Gasteiger partial charge in [0.2, 0.25) is 5.89 Å². The molecule has 0 spiro atoms. The molecule has 0 radical (unpaired) electrons. The monoisotopic (exact) mass is 293 g/mol. The lowest BCUT2D eigenvalue weighted by atomic mass is 10.2. The number of ether oxygens (including phenoxy) is 1. The maximum atomic E-state index is 12.0. The second-order valence-corrected chi connectivity index (χ2v) is 4.81. The number of carbonyl (C=O) groups excluding carboxylic acids is 1. The van der Waals surface area contributed by atoms with Crippen molar-refractivity contribution < 1.29 is 13.9 Å². The zero-order chi connectivity index (χ0) is 14.4. The molecule has 2 rings (SSSR count). The van der Waals surface area contributed by atoms with Gasteiger partial charge in [-0.05, 0) is 24.5 Å². The number of nitrogens with zero attached hydrogens (tertiary/aromatic N) is 2. The van der Waals surface area contributed by atoms with Gasteiger partial charge < -0.3 is 9.15 Å². The van der Waals surface area contributed by atoms with Crippen LogP contribution in [0.15, 0.2) is 33.6 Å². The third-order valence-electron chi connectivity index (χ3n) is 2.54. The predicted molar refractivity (Wildman–Crippen MR) is 76.1 cm³/mol. The fraction of sp³-hybridized carbons (Fsp3) is 0.308. The largest absolute Gasteiger partial charge is 0.408 e. The van der Waals surface area contributed by atoms with Crippen LogP contribution in [0.25, 0.3) is 0 Å². The van der Waals surface area contributed by atoms with E-state index in [2.05, 4.69) is 15.5 Å². The Balaban J connectivity index is 2.01. The molecule has 2 aromatic rings. The average molecular weight is 293 g/mol. The molecule has 6 nitrogen and oxygen atoms in total. The van der Waals surface area contributed by atoms with Crippen molar-refractivity contribution in [3.63, 3.8) is 0 Å². The zero-order valence-corrected chi connectivity index (χ0v) is 12.1. The Morgan fingerprint density at radius 3 is 3.05 bits per heavy atom. The van der Waals surface area contributed by atoms with E-state index >= 15 is 0 Å². The van der Waals surface area contributed by atoms with E-state index < -0.39 is 0 Å². The van der Waals surface area contributed by atoms with E-state index in [1.807, 2.05) is 24.5 Å². The maximum Gasteiger partial charge on any atom is 0.322 e. The topological polar surface area (TPSA) is 77.3 Å². The molecule has 0 bridgehead atoms. The Morgan fingerprint density at radius 2 is 2.30 bits per heavy atom. The van der Waals surface area contributed by atoms with Gasteiger partial charge in [0, 0.05) is 24.0 Å². The number of methoxy groups -OCH3 is 1. The second kappa shape index (κ2) is 7.06. The van der Waals surface area contributed by atoms with Crippen LogP contribution in [0, 0.1) is 0 Å². The number of benzene rings is 1. The van der Waals surface area contributed by atoms with Crippen LogP contribution in [0.4, 0.5) is 6.01 Å². The number of carbonyl (C=O) groups is 1. The molecule has 1 heterocycles. The van der Waals surface area contributed by atoms with Gasteiger partial charge in [0.25, 0.3) is 5.91 Å². The fourth-order valence-electron chi connectivity index (χ4n) is 1.53. The van der Waals surface area contributed by atoms with Gasteiger partial charge in [-0.15, -0.1) is 16.9 Å². The van der Waals surface area contributed by atoms with E-state index in [1.54, 1.807) is 24.9 Å². The molecule has 0 unspecified atom stereocenters. The van der Waals surface area contributed by atoms with Crippen LogP contribution in [0.2, 0.25) is 0 Å². The SMILES string of the molecule is COCCc1nnc(NC(=O)c2cccc(SC)c2)o1. The molecule has 7 heteroatoms. The van der Waals surface area contributed by atoms with Gasteiger partial charge in [-0.1, -0.05) is 11.2 Å². The second-order valence-electron chi connectivity index (χ2n) is 3.93. The molecule has 1 aromatic heterocycles. The van der Waals surface area contributed by atoms with Crippen molar-refractivity contribution in [1.82, 2.24) is 10.2 Å². The minimum atomic E-state index is -0.275. The first-order chi connectivity index (χ1) is 9.72. The summed E-state index contributed by atoms with van der Waals surface area (Å²) in [6.07, 6.45) is 2.47. The van der Waals surface area contributed by atoms with Crippen molar-refractivity contribution in [3.05, 3.63) is 35.7 Å². The zero-order valence-electron chi connectivity index (χ0n) is 11.3. The van der Waals surface area contributed by atoms with Crippen LogP contribution in [0.3, 0.4) is 0 Å². The Bertz CT molecular complexity index is 586. The number of rotatable bonds is 6. The van der Waals surface area contributed by atoms with Gasteiger partial charge in [-0.3, -0.25) is 10.1 Å². The van der Waals surface area contributed by atoms with Crippen LogP contribution < -0.4 is 5.32 Å². The highest BCUT2D eigenvalue weighted by Crippen LogP contribution is 2.17. The number of aromatic nitrogens is 2. The normalized spacial score (nSPS) is 10.5. The molecule has 106 valence electrons. The summed E-state index contributed by atoms with van der Waals surface area (Å²) in [5.41, 5.74) is 0.550. The molecular weight excluding hydrogens is 278 g/mol. The highest BCUT2D eigenvalue weighted by atomic mass is 32.2. The van der Waals surface area contributed by atoms with Gasteiger partial charge in [-0.25, -0.2) is 0 Å². The molecule has 0 saturated carbocycles. The highest BCUT2D eigenvalue weighted by Gasteiger charge is 2.11. The lowest BCUT2D eigenvalue weighted by Crippen LogP contribution is -2.12. The Hall–Kier alpha value is -1.86. The van der Waals surface area contributed by atoms with Crippen LogP contribution in [0.1, 0.15) is 16.2 Å². The van der Waals surface area contributed by atoms with E-state index in [1.165, 1.54) is 0 Å². The highest BCUT2D eigenvalue weighted by molar-refractivity contribution is 7.98. The maximum absolute atomic E-state index is 12.0. The molecule has 0 aliphatic carbocycles. The molecule has 0 aliphatic rings. The van der Waals surface area contributed by atoms with Crippen LogP contribution >= 0.6 is 11.8 Å². The van der Waals surface area contributed by atoms with Crippen LogP contribution in [-0.2, 0) is 11.2 Å². The van der Waals surface area contributed by atoms with E-state index in [0.29, 0.717) is 24.5 Å². The smallest absolute Gasteiger partial charge is 0.322 e. The minimum Gasteiger partial charge on any atom is -0.408 e. The molecule has 20 heavy (non-hydrogen) atoms. The first kappa shape index (κ1) is 14.5. The third-order valence-corrected chi connectivity index (χ3v) is 3.26. The number of amides is 1. The molecule has 0 aliphatic heterocycles. The van der Waals surface area contributed by atoms with E-state index in [9.17, 15) is 4.79 Å². The molecule has 0 saturated heterocycles. The predicted octanol–water partition coefficient (Wildman–Crippen LogP) is 2.23. The number of hydrogen-bond donors (Lipinski definition) is 1. The van der Waals surface area contributed by atoms with Crippen molar-refractivity contribution in [2.24, 2.45) is 0 Å². The Kier molecular flexibility index (Phi) is 5.14. The number of thioether (sulfide) groups is 1. The molecule has 0 fully saturated rings. The van der Waals surface area contributed by atoms with Crippen molar-refractivity contribution in [1.29, 1.82) is 0 Å². The van der Waals surface area contributed by atoms with Gasteiger partial charge in [0.1, 0.15) is 0 Å². The summed E-state index contributed by atoms with van der Waals surface area (Å²) in [5, 5.41) is 10.2. The summed E-state index contributed by atoms with van der Waals surface area (Å²) < 4.78 is 10.2. The average Bonchev–Trinajstić information content (AvgIpc) is 2.92. The number of anilines is 1. The summed E-state index contributed by atoms with van der Waals surface area (Å²) in [5.74, 6) is 0.155. The van der Waals surface area contributed by atoms with Gasteiger partial charge in [0.05, 0.1) is 6.61 Å². The molecule has 1 amide bonds. The summed E-state index contributed by atoms with van der Waals surface area (Å²) in [6.45, 7) is 0.491. The van der Waals surface area contributed by atoms with Crippen molar-refractivity contribution in [3.8, 4) is 0 Å². The standard InChI is InChI=1S/C13H15N3O3S/c1-18-7-6-11-15-16-13(19-11)14-12(17)9-4-3-5-10(8-9)20-2/h3-5,8H,6-7H2,1-2H3,(H,14,16,17). The van der Waals surface area contributed by atoms with Gasteiger partial charge in [-0.2, -0.15) is 0 Å². The van der Waals surface area contributed by atoms with Crippen LogP contribution in [-0.4, -0.2) is 36.1 Å². The fourth-order valence-corrected chi connectivity index (χ4v) is 1.99. The van der Waals surface area contributed by atoms with E-state index in [-0.39, 0.29) is 11.9 Å². The summed E-state index contributed by atoms with van der Waals surface area (Å²) in [4.78, 5) is 13.1.